The van der Waals surface area contributed by atoms with Gasteiger partial charge in [-0.05, 0) is 25.0 Å². The van der Waals surface area contributed by atoms with Crippen molar-refractivity contribution < 1.29 is 9.21 Å². The predicted octanol–water partition coefficient (Wildman–Crippen LogP) is 3.51. The molecule has 3 aromatic rings. The molecule has 0 radical (unpaired) electrons. The number of thioether (sulfide) groups is 1. The summed E-state index contributed by atoms with van der Waals surface area (Å²) in [6.07, 6.45) is 5.35. The molecular weight excluding hydrogens is 464 g/mol. The van der Waals surface area contributed by atoms with Crippen LogP contribution in [0.25, 0.3) is 10.9 Å². The van der Waals surface area contributed by atoms with Crippen LogP contribution in [-0.4, -0.2) is 57.3 Å². The SMILES string of the molecule is Cc1nc(C#N)c(N2CCN(C(=O)CSc3nc4ccccc4c(=O)n3C3CCCCC3)CC2)o1. The van der Waals surface area contributed by atoms with Crippen LogP contribution in [0.4, 0.5) is 5.88 Å². The quantitative estimate of drug-likeness (QED) is 0.393. The number of carbonyl (C=O) groups excluding carboxylic acids is 1. The Balaban J connectivity index is 1.29. The van der Waals surface area contributed by atoms with Crippen LogP contribution < -0.4 is 10.5 Å². The van der Waals surface area contributed by atoms with Crippen molar-refractivity contribution in [2.24, 2.45) is 0 Å². The molecule has 9 nitrogen and oxygen atoms in total. The van der Waals surface area contributed by atoms with E-state index in [-0.39, 0.29) is 29.0 Å². The van der Waals surface area contributed by atoms with Gasteiger partial charge < -0.3 is 14.2 Å². The predicted molar refractivity (Wildman–Crippen MR) is 134 cm³/mol. The first-order valence-electron chi connectivity index (χ1n) is 12.1. The van der Waals surface area contributed by atoms with Gasteiger partial charge >= 0.3 is 0 Å². The van der Waals surface area contributed by atoms with Crippen molar-refractivity contribution in [3.05, 3.63) is 46.2 Å². The maximum Gasteiger partial charge on any atom is 0.262 e. The van der Waals surface area contributed by atoms with Crippen LogP contribution >= 0.6 is 11.8 Å². The number of hydrogen-bond donors (Lipinski definition) is 0. The van der Waals surface area contributed by atoms with Crippen molar-refractivity contribution >= 4 is 34.5 Å². The Kier molecular flexibility index (Phi) is 6.77. The van der Waals surface area contributed by atoms with Gasteiger partial charge in [0, 0.05) is 39.1 Å². The molecule has 3 heterocycles. The van der Waals surface area contributed by atoms with Crippen LogP contribution in [0.5, 0.6) is 0 Å². The van der Waals surface area contributed by atoms with Crippen LogP contribution in [0.15, 0.2) is 38.6 Å². The number of nitrogens with zero attached hydrogens (tertiary/aromatic N) is 6. The first-order chi connectivity index (χ1) is 17.0. The standard InChI is InChI=1S/C25H28N6O3S/c1-17-27-21(15-26)24(34-17)30-13-11-29(12-14-30)22(32)16-35-25-28-20-10-6-5-9-19(20)23(33)31(25)18-7-3-2-4-8-18/h5-6,9-10,18H,2-4,7-8,11-14,16H2,1H3. The van der Waals surface area contributed by atoms with Gasteiger partial charge in [-0.2, -0.15) is 5.26 Å². The van der Waals surface area contributed by atoms with Gasteiger partial charge in [0.2, 0.25) is 17.5 Å². The molecule has 182 valence electrons. The Labute approximate surface area is 207 Å². The molecule has 0 spiro atoms. The van der Waals surface area contributed by atoms with E-state index in [1.54, 1.807) is 6.92 Å². The monoisotopic (exact) mass is 492 g/mol. The number of hydrogen-bond acceptors (Lipinski definition) is 8. The Hall–Kier alpha value is -3.32. The van der Waals surface area contributed by atoms with Crippen molar-refractivity contribution in [2.75, 3.05) is 36.8 Å². The lowest BCUT2D eigenvalue weighted by Crippen LogP contribution is -2.49. The van der Waals surface area contributed by atoms with Gasteiger partial charge in [0.25, 0.3) is 5.56 Å². The van der Waals surface area contributed by atoms with E-state index in [1.165, 1.54) is 18.2 Å². The van der Waals surface area contributed by atoms with Gasteiger partial charge in [-0.15, -0.1) is 0 Å². The number of rotatable bonds is 5. The van der Waals surface area contributed by atoms with Crippen LogP contribution in [0.1, 0.15) is 49.7 Å². The molecule has 1 aromatic carbocycles. The number of anilines is 1. The second-order valence-electron chi connectivity index (χ2n) is 9.03. The number of benzene rings is 1. The topological polar surface area (TPSA) is 108 Å². The third-order valence-electron chi connectivity index (χ3n) is 6.78. The maximum atomic E-state index is 13.4. The van der Waals surface area contributed by atoms with E-state index in [2.05, 4.69) is 11.1 Å². The molecule has 0 N–H and O–H groups in total. The molecule has 35 heavy (non-hydrogen) atoms. The summed E-state index contributed by atoms with van der Waals surface area (Å²) in [6, 6.07) is 9.64. The summed E-state index contributed by atoms with van der Waals surface area (Å²) < 4.78 is 7.45. The fourth-order valence-electron chi connectivity index (χ4n) is 4.97. The fraction of sp³-hybridized carbons (Fsp3) is 0.480. The third kappa shape index (κ3) is 4.78. The molecule has 5 rings (SSSR count). The molecule has 1 amide bonds. The second kappa shape index (κ2) is 10.1. The van der Waals surface area contributed by atoms with Gasteiger partial charge in [0.05, 0.1) is 16.7 Å². The first kappa shape index (κ1) is 23.4. The van der Waals surface area contributed by atoms with Gasteiger partial charge in [-0.25, -0.2) is 9.97 Å². The normalized spacial score (nSPS) is 17.0. The van der Waals surface area contributed by atoms with Gasteiger partial charge in [0.1, 0.15) is 6.07 Å². The Morgan fingerprint density at radius 3 is 2.63 bits per heavy atom. The van der Waals surface area contributed by atoms with Crippen molar-refractivity contribution in [1.82, 2.24) is 19.4 Å². The molecule has 2 aliphatic rings. The van der Waals surface area contributed by atoms with Gasteiger partial charge in [0.15, 0.2) is 11.0 Å². The number of aromatic nitrogens is 3. The zero-order valence-corrected chi connectivity index (χ0v) is 20.6. The highest BCUT2D eigenvalue weighted by molar-refractivity contribution is 7.99. The number of amides is 1. The third-order valence-corrected chi connectivity index (χ3v) is 7.72. The minimum atomic E-state index is -0.0123. The summed E-state index contributed by atoms with van der Waals surface area (Å²) in [5, 5.41) is 10.5. The molecular formula is C25H28N6O3S. The zero-order chi connectivity index (χ0) is 24.4. The van der Waals surface area contributed by atoms with E-state index in [0.717, 1.165) is 25.7 Å². The lowest BCUT2D eigenvalue weighted by atomic mass is 9.95. The summed E-state index contributed by atoms with van der Waals surface area (Å²) in [5.74, 6) is 1.17. The Morgan fingerprint density at radius 2 is 1.89 bits per heavy atom. The molecule has 0 unspecified atom stereocenters. The number of oxazole rings is 1. The molecule has 0 bridgehead atoms. The van der Waals surface area contributed by atoms with E-state index in [1.807, 2.05) is 38.6 Å². The van der Waals surface area contributed by atoms with Crippen LogP contribution in [0, 0.1) is 18.3 Å². The number of piperazine rings is 1. The number of carbonyl (C=O) groups is 1. The van der Waals surface area contributed by atoms with E-state index in [0.29, 0.717) is 54.0 Å². The summed E-state index contributed by atoms with van der Waals surface area (Å²) in [5.41, 5.74) is 0.936. The molecule has 2 aromatic heterocycles. The summed E-state index contributed by atoms with van der Waals surface area (Å²) in [6.45, 7) is 3.92. The Morgan fingerprint density at radius 1 is 1.14 bits per heavy atom. The van der Waals surface area contributed by atoms with Crippen molar-refractivity contribution in [3.8, 4) is 6.07 Å². The lowest BCUT2D eigenvalue weighted by Gasteiger charge is -2.34. The Bertz CT molecular complexity index is 1330. The summed E-state index contributed by atoms with van der Waals surface area (Å²) in [7, 11) is 0. The average molecular weight is 493 g/mol. The molecule has 0 atom stereocenters. The number of para-hydroxylation sites is 1. The average Bonchev–Trinajstić information content (AvgIpc) is 3.28. The van der Waals surface area contributed by atoms with Gasteiger partial charge in [-0.3, -0.25) is 14.2 Å². The highest BCUT2D eigenvalue weighted by Crippen LogP contribution is 2.31. The highest BCUT2D eigenvalue weighted by Gasteiger charge is 2.27. The van der Waals surface area contributed by atoms with Crippen LogP contribution in [0.2, 0.25) is 0 Å². The summed E-state index contributed by atoms with van der Waals surface area (Å²) >= 11 is 1.35. The van der Waals surface area contributed by atoms with Crippen LogP contribution in [-0.2, 0) is 4.79 Å². The van der Waals surface area contributed by atoms with Crippen molar-refractivity contribution in [1.29, 1.82) is 5.26 Å². The molecule has 1 aliphatic carbocycles. The molecule has 1 aliphatic heterocycles. The fourth-order valence-corrected chi connectivity index (χ4v) is 5.94. The molecule has 10 heteroatoms. The molecule has 2 fully saturated rings. The maximum absolute atomic E-state index is 13.4. The van der Waals surface area contributed by atoms with Gasteiger partial charge in [-0.1, -0.05) is 43.2 Å². The highest BCUT2D eigenvalue weighted by atomic mass is 32.2. The number of fused-ring (bicyclic) bond motifs is 1. The smallest absolute Gasteiger partial charge is 0.262 e. The van der Waals surface area contributed by atoms with Crippen LogP contribution in [0.3, 0.4) is 0 Å². The second-order valence-corrected chi connectivity index (χ2v) is 9.98. The minimum Gasteiger partial charge on any atom is -0.424 e. The van der Waals surface area contributed by atoms with E-state index in [9.17, 15) is 14.9 Å². The van der Waals surface area contributed by atoms with E-state index >= 15 is 0 Å². The van der Waals surface area contributed by atoms with Crippen molar-refractivity contribution in [3.63, 3.8) is 0 Å². The minimum absolute atomic E-state index is 0.0123. The summed E-state index contributed by atoms with van der Waals surface area (Å²) in [4.78, 5) is 39.1. The molecule has 1 saturated heterocycles. The lowest BCUT2D eigenvalue weighted by molar-refractivity contribution is -0.128. The molecule has 1 saturated carbocycles. The zero-order valence-electron chi connectivity index (χ0n) is 19.8. The number of aryl methyl sites for hydroxylation is 1. The largest absolute Gasteiger partial charge is 0.424 e. The first-order valence-corrected chi connectivity index (χ1v) is 13.1. The van der Waals surface area contributed by atoms with E-state index in [4.69, 9.17) is 9.40 Å². The van der Waals surface area contributed by atoms with E-state index < -0.39 is 0 Å². The number of nitriles is 1. The van der Waals surface area contributed by atoms with Crippen molar-refractivity contribution in [2.45, 2.75) is 50.2 Å².